The van der Waals surface area contributed by atoms with E-state index in [1.165, 1.54) is 5.38 Å². The number of hydroxylamine groups is 2. The number of nitrogens with zero attached hydrogens (tertiary/aromatic N) is 4. The van der Waals surface area contributed by atoms with Crippen LogP contribution in [-0.2, 0) is 38.4 Å². The van der Waals surface area contributed by atoms with Gasteiger partial charge in [-0.2, -0.15) is 5.06 Å². The zero-order chi connectivity index (χ0) is 33.3. The summed E-state index contributed by atoms with van der Waals surface area (Å²) in [5.41, 5.74) is -0.349. The number of ether oxygens (including phenoxy) is 1. The van der Waals surface area contributed by atoms with Crippen molar-refractivity contribution in [3.8, 4) is 11.5 Å². The normalized spacial score (nSPS) is 25.0. The number of aromatic nitrogens is 1. The highest BCUT2D eigenvalue weighted by molar-refractivity contribution is 7.13. The third kappa shape index (κ3) is 4.59. The third-order valence-electron chi connectivity index (χ3n) is 7.56. The lowest BCUT2D eigenvalue weighted by atomic mass is 10.0. The largest absolute Gasteiger partial charge is 0.504 e. The quantitative estimate of drug-likeness (QED) is 0.0564. The maximum Gasteiger partial charge on any atom is 0.372 e. The molecule has 46 heavy (non-hydrogen) atoms. The number of rotatable bonds is 9. The topological polar surface area (TPSA) is 298 Å². The standard InChI is InChI=1S/C25H20N6O14S/c26-23-28-11(7-46-23)15(29-45-24(1-2-24)21(39)40)16(34)27-10-6-43-31(19(10)37)25(22(41)42)5-12(20(38)44-25)30-17(35)8-3-13(32)14(33)4-9(8)18(30)36/h3-4,7,10,12,32-33H,1-2,5-6H2,(H2,26,28)(H,27,34)(H,39,40)(H,41,42)/b29-15-/t10-,12-,25?/m0/s1. The first-order valence-corrected chi connectivity index (χ1v) is 14.0. The van der Waals surface area contributed by atoms with E-state index in [2.05, 4.69) is 15.5 Å². The van der Waals surface area contributed by atoms with Crippen LogP contribution in [0, 0.1) is 0 Å². The number of phenolic OH excluding ortho intramolecular Hbond substituents is 2. The van der Waals surface area contributed by atoms with Gasteiger partial charge in [0, 0.05) is 18.2 Å². The number of phenols is 2. The molecule has 1 aromatic carbocycles. The molecule has 21 heteroatoms. The van der Waals surface area contributed by atoms with Gasteiger partial charge in [-0.25, -0.2) is 19.4 Å². The van der Waals surface area contributed by atoms with Crippen molar-refractivity contribution >= 4 is 63.7 Å². The number of benzene rings is 1. The summed E-state index contributed by atoms with van der Waals surface area (Å²) in [6, 6.07) is -1.90. The van der Waals surface area contributed by atoms with E-state index in [1.807, 2.05) is 0 Å². The summed E-state index contributed by atoms with van der Waals surface area (Å²) in [6.45, 7) is -0.681. The van der Waals surface area contributed by atoms with Crippen LogP contribution in [0.25, 0.3) is 0 Å². The van der Waals surface area contributed by atoms with Crippen LogP contribution in [0.4, 0.5) is 5.13 Å². The highest BCUT2D eigenvalue weighted by Crippen LogP contribution is 2.41. The number of oxime groups is 1. The number of anilines is 1. The van der Waals surface area contributed by atoms with E-state index in [1.54, 1.807) is 0 Å². The number of cyclic esters (lactones) is 1. The number of hydrogen-bond acceptors (Lipinski definition) is 16. The van der Waals surface area contributed by atoms with Crippen molar-refractivity contribution in [1.82, 2.24) is 20.3 Å². The molecule has 1 saturated carbocycles. The number of carbonyl (C=O) groups is 7. The first-order chi connectivity index (χ1) is 21.7. The number of carboxylic acid groups (broad SMARTS) is 2. The summed E-state index contributed by atoms with van der Waals surface area (Å²) in [6.07, 6.45) is -0.758. The van der Waals surface area contributed by atoms with Gasteiger partial charge in [-0.05, 0) is 12.1 Å². The smallest absolute Gasteiger partial charge is 0.372 e. The van der Waals surface area contributed by atoms with Crippen LogP contribution >= 0.6 is 11.3 Å². The highest BCUT2D eigenvalue weighted by Gasteiger charge is 2.65. The average molecular weight is 661 g/mol. The summed E-state index contributed by atoms with van der Waals surface area (Å²) < 4.78 is 5.07. The molecule has 3 aliphatic heterocycles. The van der Waals surface area contributed by atoms with Crippen molar-refractivity contribution in [2.24, 2.45) is 5.16 Å². The predicted molar refractivity (Wildman–Crippen MR) is 144 cm³/mol. The Bertz CT molecular complexity index is 1760. The number of esters is 1. The molecule has 3 fully saturated rings. The lowest BCUT2D eigenvalue weighted by Gasteiger charge is -2.30. The predicted octanol–water partition coefficient (Wildman–Crippen LogP) is -1.87. The minimum absolute atomic E-state index is 0.0222. The van der Waals surface area contributed by atoms with Crippen LogP contribution in [-0.4, -0.2) is 113 Å². The van der Waals surface area contributed by atoms with Gasteiger partial charge in [0.05, 0.1) is 17.5 Å². The monoisotopic (exact) mass is 660 g/mol. The van der Waals surface area contributed by atoms with Crippen LogP contribution in [0.3, 0.4) is 0 Å². The van der Waals surface area contributed by atoms with Gasteiger partial charge in [0.1, 0.15) is 24.4 Å². The molecule has 1 aliphatic carbocycles. The second kappa shape index (κ2) is 10.4. The minimum Gasteiger partial charge on any atom is -0.504 e. The molecule has 4 amide bonds. The van der Waals surface area contributed by atoms with E-state index in [-0.39, 0.29) is 39.9 Å². The first kappa shape index (κ1) is 30.2. The highest BCUT2D eigenvalue weighted by atomic mass is 32.1. The maximum absolute atomic E-state index is 13.4. The van der Waals surface area contributed by atoms with Gasteiger partial charge < -0.3 is 41.1 Å². The lowest BCUT2D eigenvalue weighted by Crippen LogP contribution is -2.57. The molecule has 20 nitrogen and oxygen atoms in total. The molecule has 2 saturated heterocycles. The van der Waals surface area contributed by atoms with E-state index in [9.17, 15) is 54.0 Å². The number of aromatic hydroxyl groups is 2. The van der Waals surface area contributed by atoms with Crippen molar-refractivity contribution in [3.63, 3.8) is 0 Å². The van der Waals surface area contributed by atoms with E-state index in [0.29, 0.717) is 4.90 Å². The molecule has 1 unspecified atom stereocenters. The second-order valence-electron chi connectivity index (χ2n) is 10.5. The molecule has 4 heterocycles. The third-order valence-corrected chi connectivity index (χ3v) is 8.23. The summed E-state index contributed by atoms with van der Waals surface area (Å²) in [5.74, 6) is -10.6. The van der Waals surface area contributed by atoms with Crippen molar-refractivity contribution in [3.05, 3.63) is 34.3 Å². The molecule has 6 rings (SSSR count). The van der Waals surface area contributed by atoms with E-state index < -0.39 is 95.2 Å². The zero-order valence-electron chi connectivity index (χ0n) is 22.9. The molecule has 0 bridgehead atoms. The molecular formula is C25H20N6O14S. The first-order valence-electron chi connectivity index (χ1n) is 13.1. The zero-order valence-corrected chi connectivity index (χ0v) is 23.7. The number of carbonyl (C=O) groups excluding carboxylic acids is 5. The molecular weight excluding hydrogens is 640 g/mol. The van der Waals surface area contributed by atoms with Crippen molar-refractivity contribution < 1.29 is 68.4 Å². The molecule has 0 spiro atoms. The molecule has 2 aromatic rings. The van der Waals surface area contributed by atoms with Crippen molar-refractivity contribution in [2.75, 3.05) is 12.3 Å². The molecule has 7 N–H and O–H groups in total. The van der Waals surface area contributed by atoms with Gasteiger partial charge in [0.15, 0.2) is 22.3 Å². The minimum atomic E-state index is -2.90. The molecule has 3 atom stereocenters. The van der Waals surface area contributed by atoms with Gasteiger partial charge in [-0.1, -0.05) is 5.16 Å². The van der Waals surface area contributed by atoms with Crippen LogP contribution in [0.15, 0.2) is 22.7 Å². The molecule has 4 aliphatic rings. The Balaban J connectivity index is 1.22. The summed E-state index contributed by atoms with van der Waals surface area (Å²) in [5, 5.41) is 46.4. The van der Waals surface area contributed by atoms with Crippen LogP contribution in [0.5, 0.6) is 11.5 Å². The Morgan fingerprint density at radius 2 is 1.70 bits per heavy atom. The maximum atomic E-state index is 13.4. The fourth-order valence-corrected chi connectivity index (χ4v) is 5.50. The number of carboxylic acids is 2. The van der Waals surface area contributed by atoms with Gasteiger partial charge >= 0.3 is 23.6 Å². The average Bonchev–Trinajstić information content (AvgIpc) is 3.21. The van der Waals surface area contributed by atoms with Crippen LogP contribution in [0.2, 0.25) is 0 Å². The summed E-state index contributed by atoms with van der Waals surface area (Å²) in [7, 11) is 0. The SMILES string of the molecule is Nc1nc(/C(=N/OC2(C(=O)O)CC2)C(=O)N[C@H]2CON(C3(C(=O)O)C[C@H](N4C(=O)c5cc(O)c(O)cc5C4=O)C(=O)O3)C2=O)cs1. The molecule has 1 aromatic heterocycles. The van der Waals surface area contributed by atoms with Crippen LogP contribution in [0.1, 0.15) is 45.7 Å². The fourth-order valence-electron chi connectivity index (χ4n) is 4.96. The summed E-state index contributed by atoms with van der Waals surface area (Å²) >= 11 is 0.921. The Labute approximate surface area is 258 Å². The van der Waals surface area contributed by atoms with Gasteiger partial charge in [-0.3, -0.25) is 28.9 Å². The van der Waals surface area contributed by atoms with E-state index >= 15 is 0 Å². The number of hydrogen-bond donors (Lipinski definition) is 6. The molecule has 0 radical (unpaired) electrons. The Kier molecular flexibility index (Phi) is 6.81. The number of nitrogens with two attached hydrogens (primary N) is 1. The van der Waals surface area contributed by atoms with E-state index in [4.69, 9.17) is 20.1 Å². The van der Waals surface area contributed by atoms with Gasteiger partial charge in [-0.15, -0.1) is 11.3 Å². The summed E-state index contributed by atoms with van der Waals surface area (Å²) in [4.78, 5) is 104. The Morgan fingerprint density at radius 1 is 1.07 bits per heavy atom. The van der Waals surface area contributed by atoms with Crippen LogP contribution < -0.4 is 11.1 Å². The van der Waals surface area contributed by atoms with Crippen molar-refractivity contribution in [1.29, 1.82) is 0 Å². The lowest BCUT2D eigenvalue weighted by molar-refractivity contribution is -0.256. The second-order valence-corrected chi connectivity index (χ2v) is 11.3. The number of nitrogen functional groups attached to an aromatic ring is 1. The number of amides is 4. The van der Waals surface area contributed by atoms with Gasteiger partial charge in [0.2, 0.25) is 5.60 Å². The molecule has 240 valence electrons. The van der Waals surface area contributed by atoms with E-state index in [0.717, 1.165) is 23.5 Å². The Hall–Kier alpha value is -5.83. The number of thiazole rings is 1. The van der Waals surface area contributed by atoms with Crippen molar-refractivity contribution in [2.45, 2.75) is 42.7 Å². The number of fused-ring (bicyclic) bond motifs is 1. The number of nitrogens with one attached hydrogen (secondary N) is 1. The van der Waals surface area contributed by atoms with Gasteiger partial charge in [0.25, 0.3) is 23.6 Å². The number of aliphatic carboxylic acids is 2. The number of imide groups is 1. The Morgan fingerprint density at radius 3 is 2.22 bits per heavy atom. The fraction of sp³-hybridized carbons (Fsp3) is 0.320.